The van der Waals surface area contributed by atoms with Crippen LogP contribution in [0.4, 0.5) is 25.9 Å². The van der Waals surface area contributed by atoms with E-state index in [0.717, 1.165) is 110 Å². The second-order valence-electron chi connectivity index (χ2n) is 18.2. The summed E-state index contributed by atoms with van der Waals surface area (Å²) in [5.41, 5.74) is 12.7. The molecule has 7 rings (SSSR count). The Morgan fingerprint density at radius 2 is 1.79 bits per heavy atom. The van der Waals surface area contributed by atoms with Gasteiger partial charge in [0.1, 0.15) is 12.6 Å². The predicted molar refractivity (Wildman–Crippen MR) is 295 cm³/mol. The summed E-state index contributed by atoms with van der Waals surface area (Å²) in [4.78, 5) is 48.4. The lowest BCUT2D eigenvalue weighted by atomic mass is 9.85. The summed E-state index contributed by atoms with van der Waals surface area (Å²) in [6.45, 7) is 12.7. The molecule has 0 bridgehead atoms. The number of hydrogen-bond acceptors (Lipinski definition) is 14. The van der Waals surface area contributed by atoms with Crippen LogP contribution in [0.1, 0.15) is 90.2 Å². The van der Waals surface area contributed by atoms with Crippen LogP contribution in [-0.4, -0.2) is 119 Å². The van der Waals surface area contributed by atoms with Gasteiger partial charge < -0.3 is 36.3 Å². The van der Waals surface area contributed by atoms with Crippen LogP contribution in [0.5, 0.6) is 5.75 Å². The van der Waals surface area contributed by atoms with Crippen molar-refractivity contribution in [2.45, 2.75) is 88.6 Å². The van der Waals surface area contributed by atoms with Crippen LogP contribution in [0.3, 0.4) is 0 Å². The Hall–Kier alpha value is -5.83. The first-order valence-corrected chi connectivity index (χ1v) is 26.8. The SMILES string of the molecule is C=CCCC(C(=O)N(C)F)N(C=O)c1ccc(C2CCN(SC)CC2)c2cccc(C)c12.CC1(C)CC(Nc2cccc(-c3sc(C(=O)O)c(OCC=O)c3F)c2)CCN1SCc1ccc(C=N)c(N)c1.CO. The summed E-state index contributed by atoms with van der Waals surface area (Å²) in [6, 6.07) is 22.4. The smallest absolute Gasteiger partial charge is 0.349 e. The topological polar surface area (TPSA) is 193 Å². The van der Waals surface area contributed by atoms with Gasteiger partial charge in [-0.1, -0.05) is 83.0 Å². The lowest BCUT2D eigenvalue weighted by molar-refractivity contribution is -0.145. The number of fused-ring (bicyclic) bond motifs is 1. The molecule has 2 fully saturated rings. The number of aryl methyl sites for hydroxylation is 1. The minimum Gasteiger partial charge on any atom is -0.481 e. The molecule has 2 atom stereocenters. The molecular formula is C54H67F2N7O7S3. The number of amides is 2. The number of piperidine rings is 2. The van der Waals surface area contributed by atoms with E-state index in [9.17, 15) is 28.8 Å². The minimum absolute atomic E-state index is 0.0627. The van der Waals surface area contributed by atoms with Crippen LogP contribution in [0.15, 0.2) is 85.5 Å². The number of allylic oxidation sites excluding steroid dienone is 1. The molecule has 0 radical (unpaired) electrons. The molecule has 0 aliphatic carbocycles. The summed E-state index contributed by atoms with van der Waals surface area (Å²) in [6.07, 6.45) is 10.9. The van der Waals surface area contributed by atoms with Crippen molar-refractivity contribution < 1.29 is 43.0 Å². The van der Waals surface area contributed by atoms with E-state index in [1.807, 2.05) is 49.4 Å². The highest BCUT2D eigenvalue weighted by Crippen LogP contribution is 2.43. The number of aldehydes is 1. The van der Waals surface area contributed by atoms with Crippen molar-refractivity contribution in [3.05, 3.63) is 118 Å². The average molecular weight is 1060 g/mol. The molecule has 3 heterocycles. The van der Waals surface area contributed by atoms with Gasteiger partial charge in [-0.3, -0.25) is 18.7 Å². The van der Waals surface area contributed by atoms with Gasteiger partial charge in [0.05, 0.1) is 10.6 Å². The largest absolute Gasteiger partial charge is 0.481 e. The number of halogens is 2. The number of carbonyl (C=O) groups is 4. The number of ether oxygens (including phenoxy) is 1. The quantitative estimate of drug-likeness (QED) is 0.0124. The van der Waals surface area contributed by atoms with Crippen molar-refractivity contribution in [3.63, 3.8) is 0 Å². The number of likely N-dealkylation sites (N-methyl/N-ethyl adjacent to an activating group) is 1. The Bertz CT molecular complexity index is 2710. The number of carboxylic acid groups (broad SMARTS) is 1. The van der Waals surface area contributed by atoms with Gasteiger partial charge in [-0.2, -0.15) is 5.12 Å². The number of nitrogens with two attached hydrogens (primary N) is 1. The van der Waals surface area contributed by atoms with Gasteiger partial charge in [0, 0.05) is 79.7 Å². The number of rotatable bonds is 20. The number of aliphatic hydroxyl groups excluding tert-OH is 1. The van der Waals surface area contributed by atoms with Gasteiger partial charge in [-0.05, 0) is 123 Å². The minimum atomic E-state index is -1.31. The fraction of sp³-hybridized carbons (Fsp3) is 0.389. The number of nitrogens with one attached hydrogen (secondary N) is 2. The average Bonchev–Trinajstić information content (AvgIpc) is 3.72. The summed E-state index contributed by atoms with van der Waals surface area (Å²) < 4.78 is 38.8. The van der Waals surface area contributed by atoms with Crippen LogP contribution in [0.2, 0.25) is 0 Å². The summed E-state index contributed by atoms with van der Waals surface area (Å²) in [5.74, 6) is -2.01. The van der Waals surface area contributed by atoms with Crippen molar-refractivity contribution in [1.29, 1.82) is 5.41 Å². The highest BCUT2D eigenvalue weighted by molar-refractivity contribution is 7.96. The van der Waals surface area contributed by atoms with Crippen LogP contribution in [-0.2, 0) is 20.1 Å². The molecular weight excluding hydrogens is 993 g/mol. The number of benzene rings is 4. The Balaban J connectivity index is 0.000000267. The zero-order valence-electron chi connectivity index (χ0n) is 42.2. The maximum Gasteiger partial charge on any atom is 0.349 e. The molecule has 4 aromatic carbocycles. The van der Waals surface area contributed by atoms with Crippen molar-refractivity contribution >= 4 is 93.9 Å². The number of carboxylic acids is 1. The zero-order valence-corrected chi connectivity index (χ0v) is 44.7. The third-order valence-corrected chi connectivity index (χ3v) is 16.5. The third-order valence-electron chi connectivity index (χ3n) is 13.0. The fourth-order valence-corrected chi connectivity index (χ4v) is 12.0. The molecule has 392 valence electrons. The van der Waals surface area contributed by atoms with Gasteiger partial charge in [0.25, 0.3) is 5.91 Å². The van der Waals surface area contributed by atoms with Crippen molar-refractivity contribution in [2.24, 2.45) is 0 Å². The van der Waals surface area contributed by atoms with Crippen LogP contribution < -0.4 is 20.7 Å². The number of nitrogens with zero attached hydrogens (tertiary/aromatic N) is 4. The van der Waals surface area contributed by atoms with Gasteiger partial charge >= 0.3 is 5.97 Å². The third kappa shape index (κ3) is 14.5. The Morgan fingerprint density at radius 3 is 2.41 bits per heavy atom. The monoisotopic (exact) mass is 1060 g/mol. The maximum atomic E-state index is 15.1. The molecule has 0 spiro atoms. The van der Waals surface area contributed by atoms with E-state index in [2.05, 4.69) is 52.7 Å². The first kappa shape index (κ1) is 58.1. The highest BCUT2D eigenvalue weighted by atomic mass is 32.2. The van der Waals surface area contributed by atoms with E-state index >= 15 is 4.39 Å². The van der Waals surface area contributed by atoms with Crippen molar-refractivity contribution in [3.8, 4) is 16.2 Å². The van der Waals surface area contributed by atoms with E-state index < -0.39 is 36.1 Å². The fourth-order valence-electron chi connectivity index (χ4n) is 9.37. The van der Waals surface area contributed by atoms with Gasteiger partial charge in [-0.25, -0.2) is 13.5 Å². The second-order valence-corrected chi connectivity index (χ2v) is 21.1. The predicted octanol–water partition coefficient (Wildman–Crippen LogP) is 10.8. The second kappa shape index (κ2) is 27.5. The Kier molecular flexibility index (Phi) is 21.8. The van der Waals surface area contributed by atoms with Crippen LogP contribution >= 0.6 is 35.2 Å². The molecule has 0 saturated carbocycles. The van der Waals surface area contributed by atoms with E-state index in [0.29, 0.717) is 48.4 Å². The zero-order chi connectivity index (χ0) is 53.4. The molecule has 73 heavy (non-hydrogen) atoms. The van der Waals surface area contributed by atoms with Crippen molar-refractivity contribution in [1.82, 2.24) is 13.7 Å². The summed E-state index contributed by atoms with van der Waals surface area (Å²) >= 11 is 4.35. The molecule has 14 nitrogen and oxygen atoms in total. The lowest BCUT2D eigenvalue weighted by Crippen LogP contribution is -2.49. The van der Waals surface area contributed by atoms with E-state index in [1.54, 1.807) is 48.2 Å². The van der Waals surface area contributed by atoms with E-state index in [-0.39, 0.29) is 26.5 Å². The van der Waals surface area contributed by atoms with Gasteiger partial charge in [0.2, 0.25) is 6.41 Å². The van der Waals surface area contributed by atoms with Gasteiger partial charge in [-0.15, -0.1) is 17.9 Å². The lowest BCUT2D eigenvalue weighted by Gasteiger charge is -2.45. The number of anilines is 3. The van der Waals surface area contributed by atoms with Crippen molar-refractivity contribution in [2.75, 3.05) is 62.6 Å². The summed E-state index contributed by atoms with van der Waals surface area (Å²) in [5, 5.41) is 29.6. The first-order valence-electron chi connectivity index (χ1n) is 23.9. The van der Waals surface area contributed by atoms with E-state index in [4.69, 9.17) is 21.0 Å². The number of nitrogen functional groups attached to an aromatic ring is 1. The molecule has 2 amide bonds. The van der Waals surface area contributed by atoms with Gasteiger partial charge in [0.15, 0.2) is 22.7 Å². The number of aliphatic hydroxyl groups is 1. The molecule has 2 unspecified atom stereocenters. The molecule has 2 saturated heterocycles. The number of hydrogen-bond donors (Lipinski definition) is 5. The Labute approximate surface area is 439 Å². The number of carbonyl (C=O) groups excluding carboxylic acids is 3. The molecule has 5 aromatic rings. The molecule has 2 aliphatic heterocycles. The first-order chi connectivity index (χ1) is 35.0. The van der Waals surface area contributed by atoms with E-state index in [1.165, 1.54) is 16.7 Å². The molecule has 6 N–H and O–H groups in total. The molecule has 19 heteroatoms. The normalized spacial score (nSPS) is 16.2. The van der Waals surface area contributed by atoms with Crippen LogP contribution in [0.25, 0.3) is 21.2 Å². The molecule has 2 aliphatic rings. The standard InChI is InChI=1S/C28H31FN4O4S2.C25H32FN3O2S.CH4O/c1-28(2)14-21(8-9-33(28)38-16-17-6-7-19(15-30)22(31)12-17)32-20-5-3-4-18(13-20)25-23(29)24(37-11-10-34)26(39-25)27(35)36;1-5-6-10-23(25(31)27(3)26)29(17-30)22-12-11-20(19-13-15-28(32-4)16-14-19)21-9-7-8-18(2)24(21)22;1-2/h3-7,10,12-13,15,21,30,32H,8-9,11,14,16,31H2,1-2H3,(H,35,36);5,7-9,11-12,17,19,23H,1,6,10,13-16H2,2-4H3;2H,1H3. The summed E-state index contributed by atoms with van der Waals surface area (Å²) in [7, 11) is 2.07. The molecule has 1 aromatic heterocycles. The Morgan fingerprint density at radius 1 is 1.07 bits per heavy atom. The van der Waals surface area contributed by atoms with Crippen LogP contribution in [0, 0.1) is 18.2 Å². The number of aromatic carboxylic acids is 1. The highest BCUT2D eigenvalue weighted by Gasteiger charge is 2.36. The maximum absolute atomic E-state index is 15.1. The number of thiophene rings is 1.